The molecule has 1 atom stereocenters. The topological polar surface area (TPSA) is 27.1 Å². The monoisotopic (exact) mass is 364 g/mol. The molecule has 0 unspecified atom stereocenters. The minimum atomic E-state index is -4.54. The second-order valence-electron chi connectivity index (χ2n) is 5.79. The van der Waals surface area contributed by atoms with Crippen molar-refractivity contribution < 1.29 is 22.3 Å². The van der Waals surface area contributed by atoms with Crippen LogP contribution < -0.4 is 0 Å². The van der Waals surface area contributed by atoms with Crippen LogP contribution in [-0.2, 0) is 17.5 Å². The van der Waals surface area contributed by atoms with Crippen molar-refractivity contribution in [3.63, 3.8) is 0 Å². The number of hydrogen-bond acceptors (Lipinski definition) is 2. The molecule has 0 amide bonds. The molecule has 0 saturated heterocycles. The summed E-state index contributed by atoms with van der Waals surface area (Å²) in [6.07, 6.45) is -3.89. The van der Waals surface area contributed by atoms with Crippen molar-refractivity contribution in [3.8, 4) is 5.69 Å². The number of hydrogen-bond donors (Lipinski definition) is 0. The second kappa shape index (κ2) is 7.29. The van der Waals surface area contributed by atoms with Crippen LogP contribution in [-0.4, -0.2) is 9.78 Å². The molecule has 1 heterocycles. The third kappa shape index (κ3) is 4.11. The molecule has 136 valence electrons. The summed E-state index contributed by atoms with van der Waals surface area (Å²) in [6.45, 7) is 2.01. The highest BCUT2D eigenvalue weighted by molar-refractivity contribution is 5.42. The van der Waals surface area contributed by atoms with Gasteiger partial charge < -0.3 is 4.74 Å². The number of ether oxygens (including phenoxy) is 1. The Balaban J connectivity index is 1.87. The maximum Gasteiger partial charge on any atom is 0.435 e. The fraction of sp³-hybridized carbons (Fsp3) is 0.211. The van der Waals surface area contributed by atoms with Gasteiger partial charge in [0.2, 0.25) is 0 Å². The molecule has 0 aliphatic carbocycles. The van der Waals surface area contributed by atoms with E-state index in [1.807, 2.05) is 30.3 Å². The summed E-state index contributed by atoms with van der Waals surface area (Å²) in [5.74, 6) is -0.498. The van der Waals surface area contributed by atoms with Crippen molar-refractivity contribution in [1.29, 1.82) is 0 Å². The summed E-state index contributed by atoms with van der Waals surface area (Å²) < 4.78 is 58.9. The summed E-state index contributed by atoms with van der Waals surface area (Å²) in [4.78, 5) is 0. The van der Waals surface area contributed by atoms with E-state index >= 15 is 0 Å². The summed E-state index contributed by atoms with van der Waals surface area (Å²) in [6, 6.07) is 14.1. The van der Waals surface area contributed by atoms with Gasteiger partial charge in [-0.25, -0.2) is 9.07 Å². The van der Waals surface area contributed by atoms with Gasteiger partial charge in [0.1, 0.15) is 5.82 Å². The average Bonchev–Trinajstić information content (AvgIpc) is 3.11. The van der Waals surface area contributed by atoms with Crippen LogP contribution in [0.25, 0.3) is 5.69 Å². The third-order valence-electron chi connectivity index (χ3n) is 3.90. The molecule has 7 heteroatoms. The fourth-order valence-electron chi connectivity index (χ4n) is 2.55. The first kappa shape index (κ1) is 18.1. The zero-order valence-electron chi connectivity index (χ0n) is 13.9. The lowest BCUT2D eigenvalue weighted by Crippen LogP contribution is -2.10. The fourth-order valence-corrected chi connectivity index (χ4v) is 2.55. The molecule has 0 aliphatic heterocycles. The highest BCUT2D eigenvalue weighted by Crippen LogP contribution is 2.30. The van der Waals surface area contributed by atoms with Gasteiger partial charge in [-0.3, -0.25) is 0 Å². The van der Waals surface area contributed by atoms with Crippen molar-refractivity contribution in [2.75, 3.05) is 0 Å². The van der Waals surface area contributed by atoms with Crippen molar-refractivity contribution in [1.82, 2.24) is 9.78 Å². The van der Waals surface area contributed by atoms with E-state index in [1.165, 1.54) is 24.4 Å². The molecule has 26 heavy (non-hydrogen) atoms. The molecule has 0 saturated carbocycles. The zero-order chi connectivity index (χ0) is 18.7. The first-order valence-corrected chi connectivity index (χ1v) is 7.93. The molecule has 0 radical (unpaired) electrons. The molecule has 0 spiro atoms. The first-order valence-electron chi connectivity index (χ1n) is 7.93. The Morgan fingerprint density at radius 2 is 1.81 bits per heavy atom. The normalized spacial score (nSPS) is 13.0. The van der Waals surface area contributed by atoms with E-state index in [0.717, 1.165) is 16.3 Å². The van der Waals surface area contributed by atoms with E-state index in [0.29, 0.717) is 17.9 Å². The number of benzene rings is 2. The summed E-state index contributed by atoms with van der Waals surface area (Å²) in [7, 11) is 0. The Labute approximate surface area is 147 Å². The van der Waals surface area contributed by atoms with Gasteiger partial charge in [0.25, 0.3) is 0 Å². The van der Waals surface area contributed by atoms with E-state index < -0.39 is 23.8 Å². The van der Waals surface area contributed by atoms with Crippen molar-refractivity contribution in [2.45, 2.75) is 25.8 Å². The SMILES string of the molecule is C[C@@H](OCc1ccccc1)c1cc(F)ccc1-n1ccc(C(F)(F)F)n1. The molecular weight excluding hydrogens is 348 g/mol. The molecule has 1 aromatic heterocycles. The van der Waals surface area contributed by atoms with Gasteiger partial charge in [-0.1, -0.05) is 30.3 Å². The Hall–Kier alpha value is -2.67. The van der Waals surface area contributed by atoms with Crippen LogP contribution >= 0.6 is 0 Å². The van der Waals surface area contributed by atoms with E-state index in [9.17, 15) is 17.6 Å². The summed E-state index contributed by atoms with van der Waals surface area (Å²) in [5.41, 5.74) is 0.682. The molecule has 0 fully saturated rings. The highest BCUT2D eigenvalue weighted by Gasteiger charge is 2.33. The van der Waals surface area contributed by atoms with Crippen molar-refractivity contribution in [3.05, 3.63) is 83.4 Å². The maximum absolute atomic E-state index is 13.7. The summed E-state index contributed by atoms with van der Waals surface area (Å²) >= 11 is 0. The molecule has 3 nitrogen and oxygen atoms in total. The van der Waals surface area contributed by atoms with Crippen LogP contribution in [0.15, 0.2) is 60.8 Å². The van der Waals surface area contributed by atoms with Crippen LogP contribution in [0.3, 0.4) is 0 Å². The van der Waals surface area contributed by atoms with Crippen LogP contribution in [0.5, 0.6) is 0 Å². The molecule has 3 rings (SSSR count). The lowest BCUT2D eigenvalue weighted by molar-refractivity contribution is -0.141. The lowest BCUT2D eigenvalue weighted by Gasteiger charge is -2.18. The molecule has 0 bridgehead atoms. The van der Waals surface area contributed by atoms with Gasteiger partial charge in [0.15, 0.2) is 5.69 Å². The molecule has 0 N–H and O–H groups in total. The average molecular weight is 364 g/mol. The largest absolute Gasteiger partial charge is 0.435 e. The van der Waals surface area contributed by atoms with Gasteiger partial charge in [0.05, 0.1) is 18.4 Å². The Bertz CT molecular complexity index is 875. The Morgan fingerprint density at radius 1 is 1.08 bits per heavy atom. The predicted octanol–water partition coefficient (Wildman–Crippen LogP) is 5.31. The molecular formula is C19H16F4N2O. The van der Waals surface area contributed by atoms with Crippen LogP contribution in [0.4, 0.5) is 17.6 Å². The number of alkyl halides is 3. The van der Waals surface area contributed by atoms with Gasteiger partial charge >= 0.3 is 6.18 Å². The lowest BCUT2D eigenvalue weighted by atomic mass is 10.1. The van der Waals surface area contributed by atoms with E-state index in [4.69, 9.17) is 4.74 Å². The minimum absolute atomic E-state index is 0.296. The van der Waals surface area contributed by atoms with Gasteiger partial charge in [-0.15, -0.1) is 0 Å². The van der Waals surface area contributed by atoms with Crippen molar-refractivity contribution >= 4 is 0 Å². The number of halogens is 4. The van der Waals surface area contributed by atoms with E-state index in [1.54, 1.807) is 6.92 Å². The number of nitrogens with zero attached hydrogens (tertiary/aromatic N) is 2. The first-order chi connectivity index (χ1) is 12.3. The third-order valence-corrected chi connectivity index (χ3v) is 3.90. The van der Waals surface area contributed by atoms with Gasteiger partial charge in [0, 0.05) is 11.8 Å². The Kier molecular flexibility index (Phi) is 5.08. The number of rotatable bonds is 5. The quantitative estimate of drug-likeness (QED) is 0.574. The second-order valence-corrected chi connectivity index (χ2v) is 5.79. The smallest absolute Gasteiger partial charge is 0.369 e. The van der Waals surface area contributed by atoms with Crippen LogP contribution in [0, 0.1) is 5.82 Å². The molecule has 2 aromatic carbocycles. The molecule has 3 aromatic rings. The Morgan fingerprint density at radius 3 is 2.46 bits per heavy atom. The minimum Gasteiger partial charge on any atom is -0.369 e. The number of aromatic nitrogens is 2. The molecule has 0 aliphatic rings. The van der Waals surface area contributed by atoms with E-state index in [2.05, 4.69) is 5.10 Å². The maximum atomic E-state index is 13.7. The zero-order valence-corrected chi connectivity index (χ0v) is 13.9. The summed E-state index contributed by atoms with van der Waals surface area (Å²) in [5, 5.41) is 3.56. The van der Waals surface area contributed by atoms with Crippen molar-refractivity contribution in [2.24, 2.45) is 0 Å². The standard InChI is InChI=1S/C19H16F4N2O/c1-13(26-12-14-5-3-2-4-6-14)16-11-15(20)7-8-17(16)25-10-9-18(24-25)19(21,22)23/h2-11,13H,12H2,1H3/t13-/m1/s1. The highest BCUT2D eigenvalue weighted by atomic mass is 19.4. The van der Waals surface area contributed by atoms with E-state index in [-0.39, 0.29) is 0 Å². The predicted molar refractivity (Wildman–Crippen MR) is 88.2 cm³/mol. The van der Waals surface area contributed by atoms with Gasteiger partial charge in [-0.05, 0) is 36.8 Å². The van der Waals surface area contributed by atoms with Gasteiger partial charge in [-0.2, -0.15) is 18.3 Å². The van der Waals surface area contributed by atoms with Crippen LogP contribution in [0.2, 0.25) is 0 Å². The van der Waals surface area contributed by atoms with Crippen LogP contribution in [0.1, 0.15) is 29.8 Å².